The number of Topliss-reactive ketones (excluding diaryl/α,β-unsaturated/α-hetero) is 2. The number of rotatable bonds is 8. The second-order valence-corrected chi connectivity index (χ2v) is 7.91. The summed E-state index contributed by atoms with van der Waals surface area (Å²) in [6.45, 7) is 5.18. The molecule has 2 rings (SSSR count). The molecule has 39 heavy (non-hydrogen) atoms. The first-order chi connectivity index (χ1) is 18.4. The number of hydrogen-bond donors (Lipinski definition) is 2. The van der Waals surface area contributed by atoms with Crippen molar-refractivity contribution in [2.75, 3.05) is 0 Å². The van der Waals surface area contributed by atoms with Crippen LogP contribution in [0.5, 0.6) is 0 Å². The number of amides is 2. The molecule has 0 heterocycles. The molecule has 0 saturated carbocycles. The van der Waals surface area contributed by atoms with E-state index < -0.39 is 24.0 Å². The lowest BCUT2D eigenvalue weighted by atomic mass is 10.1. The molecule has 0 fully saturated rings. The molecule has 0 aliphatic heterocycles. The molecule has 0 aliphatic carbocycles. The molecule has 2 aromatic rings. The molecule has 0 aromatic heterocycles. The van der Waals surface area contributed by atoms with Crippen LogP contribution in [-0.2, 0) is 23.9 Å². The molecule has 2 N–H and O–H groups in total. The number of ketones is 2. The lowest BCUT2D eigenvalue weighted by Gasteiger charge is -2.12. The van der Waals surface area contributed by atoms with Crippen molar-refractivity contribution in [3.63, 3.8) is 0 Å². The van der Waals surface area contributed by atoms with E-state index in [1.807, 2.05) is 12.1 Å². The van der Waals surface area contributed by atoms with E-state index in [0.717, 1.165) is 0 Å². The minimum absolute atomic E-state index is 0.137. The van der Waals surface area contributed by atoms with Crippen LogP contribution >= 0.6 is 0 Å². The van der Waals surface area contributed by atoms with Gasteiger partial charge < -0.3 is 15.4 Å². The van der Waals surface area contributed by atoms with Crippen LogP contribution in [0.25, 0.3) is 0 Å². The van der Waals surface area contributed by atoms with Gasteiger partial charge in [-0.25, -0.2) is 0 Å². The van der Waals surface area contributed by atoms with Crippen LogP contribution in [0.2, 0.25) is 0 Å². The van der Waals surface area contributed by atoms with Gasteiger partial charge in [0.25, 0.3) is 11.8 Å². The summed E-state index contributed by atoms with van der Waals surface area (Å²) in [4.78, 5) is 65.4. The molecule has 0 spiro atoms. The van der Waals surface area contributed by atoms with Gasteiger partial charge in [0.2, 0.25) is 0 Å². The normalized spacial score (nSPS) is 10.6. The Bertz CT molecular complexity index is 1110. The van der Waals surface area contributed by atoms with Crippen molar-refractivity contribution in [1.29, 1.82) is 0 Å². The van der Waals surface area contributed by atoms with Crippen LogP contribution in [0, 0.1) is 24.7 Å². The van der Waals surface area contributed by atoms with Crippen molar-refractivity contribution in [3.8, 4) is 24.7 Å². The average molecular weight is 533 g/mol. The smallest absolute Gasteiger partial charge is 0.310 e. The zero-order valence-electron chi connectivity index (χ0n) is 22.4. The van der Waals surface area contributed by atoms with Crippen LogP contribution in [0.3, 0.4) is 0 Å². The molecule has 0 bridgehead atoms. The van der Waals surface area contributed by atoms with Crippen LogP contribution in [0.15, 0.2) is 60.7 Å². The van der Waals surface area contributed by atoms with Gasteiger partial charge in [-0.3, -0.25) is 28.8 Å². The van der Waals surface area contributed by atoms with E-state index in [1.54, 1.807) is 48.5 Å². The van der Waals surface area contributed by atoms with Crippen molar-refractivity contribution >= 4 is 35.3 Å². The first kappa shape index (κ1) is 34.0. The highest BCUT2D eigenvalue weighted by molar-refractivity contribution is 5.98. The average Bonchev–Trinajstić information content (AvgIpc) is 2.89. The predicted octanol–water partition coefficient (Wildman–Crippen LogP) is 2.89. The first-order valence-electron chi connectivity index (χ1n) is 11.7. The number of nitrogens with one attached hydrogen (secondary N) is 2. The molecule has 9 heteroatoms. The lowest BCUT2D eigenvalue weighted by Crippen LogP contribution is -2.39. The van der Waals surface area contributed by atoms with E-state index in [4.69, 9.17) is 12.8 Å². The van der Waals surface area contributed by atoms with Gasteiger partial charge in [-0.05, 0) is 38.1 Å². The SMILES string of the molecule is C#CCC(NC(=O)c1ccccc1)C(C)=O.C#CCC(NC(=O)c1ccccc1)C(C)=O.CC(=O)OC(C)=O. The highest BCUT2D eigenvalue weighted by Gasteiger charge is 2.17. The topological polar surface area (TPSA) is 136 Å². The predicted molar refractivity (Wildman–Crippen MR) is 146 cm³/mol. The van der Waals surface area contributed by atoms with Gasteiger partial charge in [-0.1, -0.05) is 36.4 Å². The summed E-state index contributed by atoms with van der Waals surface area (Å²) in [5.41, 5.74) is 1.04. The molecular formula is C30H32N2O7. The standard InChI is InChI=1S/2C13H13NO2.C4H6O3/c2*1-3-7-12(10(2)15)14-13(16)11-8-5-4-6-9-11;1-3(5)7-4(2)6/h2*1,4-6,8-9,12H,7H2,2H3,(H,14,16);1-2H3. The molecule has 2 amide bonds. The number of hydrogen-bond acceptors (Lipinski definition) is 7. The Morgan fingerprint density at radius 3 is 1.15 bits per heavy atom. The van der Waals surface area contributed by atoms with E-state index in [2.05, 4.69) is 27.2 Å². The summed E-state index contributed by atoms with van der Waals surface area (Å²) in [5.74, 6) is 2.78. The summed E-state index contributed by atoms with van der Waals surface area (Å²) in [7, 11) is 0. The van der Waals surface area contributed by atoms with E-state index in [9.17, 15) is 28.8 Å². The van der Waals surface area contributed by atoms with E-state index in [1.165, 1.54) is 27.7 Å². The highest BCUT2D eigenvalue weighted by atomic mass is 16.6. The number of esters is 2. The van der Waals surface area contributed by atoms with Gasteiger partial charge >= 0.3 is 11.9 Å². The Morgan fingerprint density at radius 1 is 0.641 bits per heavy atom. The summed E-state index contributed by atoms with van der Waals surface area (Å²) in [5, 5.41) is 5.21. The maximum atomic E-state index is 11.7. The third-order valence-electron chi connectivity index (χ3n) is 4.60. The Hall–Kier alpha value is -5.02. The number of carbonyl (C=O) groups is 6. The number of benzene rings is 2. The number of terminal acetylenes is 2. The van der Waals surface area contributed by atoms with E-state index in [-0.39, 0.29) is 36.2 Å². The van der Waals surface area contributed by atoms with Gasteiger partial charge in [0.15, 0.2) is 11.6 Å². The lowest BCUT2D eigenvalue weighted by molar-refractivity contribution is -0.156. The molecule has 2 aromatic carbocycles. The van der Waals surface area contributed by atoms with Gasteiger partial charge in [-0.2, -0.15) is 0 Å². The summed E-state index contributed by atoms with van der Waals surface area (Å²) < 4.78 is 3.97. The third kappa shape index (κ3) is 15.6. The second kappa shape index (κ2) is 19.1. The van der Waals surface area contributed by atoms with Gasteiger partial charge in [0.1, 0.15) is 0 Å². The van der Waals surface area contributed by atoms with Crippen LogP contribution in [0.4, 0.5) is 0 Å². The highest BCUT2D eigenvalue weighted by Crippen LogP contribution is 2.02. The fourth-order valence-corrected chi connectivity index (χ4v) is 2.69. The summed E-state index contributed by atoms with van der Waals surface area (Å²) >= 11 is 0. The molecule has 204 valence electrons. The molecule has 0 saturated heterocycles. The molecular weight excluding hydrogens is 500 g/mol. The molecule has 2 atom stereocenters. The number of ether oxygens (including phenoxy) is 1. The quantitative estimate of drug-likeness (QED) is 0.303. The largest absolute Gasteiger partial charge is 0.394 e. The Labute approximate surface area is 228 Å². The van der Waals surface area contributed by atoms with E-state index in [0.29, 0.717) is 11.1 Å². The fraction of sp³-hybridized carbons (Fsp3) is 0.267. The second-order valence-electron chi connectivity index (χ2n) is 7.91. The van der Waals surface area contributed by atoms with Crippen molar-refractivity contribution in [2.24, 2.45) is 0 Å². The first-order valence-corrected chi connectivity index (χ1v) is 11.7. The molecule has 9 nitrogen and oxygen atoms in total. The van der Waals surface area contributed by atoms with E-state index >= 15 is 0 Å². The van der Waals surface area contributed by atoms with Crippen LogP contribution < -0.4 is 10.6 Å². The van der Waals surface area contributed by atoms with Crippen LogP contribution in [0.1, 0.15) is 61.3 Å². The summed E-state index contributed by atoms with van der Waals surface area (Å²) in [6, 6.07) is 16.2. The molecule has 2 unspecified atom stereocenters. The maximum Gasteiger partial charge on any atom is 0.310 e. The van der Waals surface area contributed by atoms with Crippen molar-refractivity contribution in [1.82, 2.24) is 10.6 Å². The summed E-state index contributed by atoms with van der Waals surface area (Å²) in [6.07, 6.45) is 10.7. The van der Waals surface area contributed by atoms with Gasteiger partial charge in [0.05, 0.1) is 12.1 Å². The van der Waals surface area contributed by atoms with Crippen molar-refractivity contribution < 1.29 is 33.5 Å². The third-order valence-corrected chi connectivity index (χ3v) is 4.60. The van der Waals surface area contributed by atoms with Gasteiger partial charge in [0, 0.05) is 37.8 Å². The zero-order valence-corrected chi connectivity index (χ0v) is 22.4. The van der Waals surface area contributed by atoms with Gasteiger partial charge in [-0.15, -0.1) is 24.7 Å². The monoisotopic (exact) mass is 532 g/mol. The van der Waals surface area contributed by atoms with Crippen molar-refractivity contribution in [2.45, 2.75) is 52.6 Å². The van der Waals surface area contributed by atoms with Crippen molar-refractivity contribution in [3.05, 3.63) is 71.8 Å². The minimum atomic E-state index is -0.599. The fourth-order valence-electron chi connectivity index (χ4n) is 2.69. The molecule has 0 aliphatic rings. The Morgan fingerprint density at radius 2 is 0.949 bits per heavy atom. The molecule has 0 radical (unpaired) electrons. The maximum absolute atomic E-state index is 11.7. The Kier molecular flexibility index (Phi) is 16.7. The minimum Gasteiger partial charge on any atom is -0.394 e. The Balaban J connectivity index is 0.000000600. The van der Waals surface area contributed by atoms with Crippen LogP contribution in [-0.4, -0.2) is 47.4 Å². The number of carbonyl (C=O) groups excluding carboxylic acids is 6. The zero-order chi connectivity index (χ0) is 29.8.